The molecule has 4 aromatic heterocycles. The maximum absolute atomic E-state index is 13.6. The normalized spacial score (nSPS) is 18.1. The predicted octanol–water partition coefficient (Wildman–Crippen LogP) is 5.37. The Morgan fingerprint density at radius 3 is 1.58 bits per heavy atom. The second-order valence-corrected chi connectivity index (χ2v) is 15.7. The molecule has 2 atom stereocenters. The number of amides is 2. The monoisotopic (exact) mass is 996 g/mol. The number of rotatable bonds is 4. The molecule has 2 fully saturated rings. The molecule has 348 valence electrons. The number of carbonyl (C=O) groups excluding carboxylic acids is 4. The molecular weight excluding hydrogens is 962 g/mol. The lowest BCUT2D eigenvalue weighted by Gasteiger charge is -2.13. The number of aliphatic hydroxyl groups is 2. The Kier molecular flexibility index (Phi) is 13.8. The summed E-state index contributed by atoms with van der Waals surface area (Å²) in [6.45, 7) is 0.818. The molecule has 0 bridgehead atoms. The lowest BCUT2D eigenvalue weighted by molar-refractivity contribution is -0.138. The third-order valence-corrected chi connectivity index (χ3v) is 10.7. The first kappa shape index (κ1) is 49.1. The number of ether oxygens (including phenoxy) is 2. The van der Waals surface area contributed by atoms with E-state index in [0.29, 0.717) is 23.7 Å². The van der Waals surface area contributed by atoms with Crippen LogP contribution in [-0.4, -0.2) is 126 Å². The minimum Gasteiger partial charge on any atom is -0.464 e. The summed E-state index contributed by atoms with van der Waals surface area (Å²) in [6, 6.07) is 12.6. The molecule has 6 heterocycles. The number of likely N-dealkylation sites (tertiary alicyclic amines) is 2. The first-order chi connectivity index (χ1) is 31.4. The van der Waals surface area contributed by atoms with Gasteiger partial charge in [0.15, 0.2) is 22.7 Å². The molecule has 2 saturated heterocycles. The number of nitrogens with zero attached hydrogens (tertiary/aromatic N) is 8. The van der Waals surface area contributed by atoms with Crippen molar-refractivity contribution < 1.29 is 65.2 Å². The number of aromatic nitrogens is 6. The van der Waals surface area contributed by atoms with E-state index in [1.807, 2.05) is 0 Å². The molecule has 23 heteroatoms. The average molecular weight is 998 g/mol. The molecule has 2 aliphatic rings. The van der Waals surface area contributed by atoms with Gasteiger partial charge in [0.1, 0.15) is 0 Å². The number of alkyl halides is 6. The van der Waals surface area contributed by atoms with E-state index in [2.05, 4.69) is 58.6 Å². The number of halogens is 7. The number of methoxy groups -OCH3 is 2. The molecule has 2 aliphatic heterocycles. The van der Waals surface area contributed by atoms with Gasteiger partial charge in [-0.1, -0.05) is 33.7 Å². The fourth-order valence-corrected chi connectivity index (χ4v) is 7.20. The minimum atomic E-state index is -4.71. The first-order valence-electron chi connectivity index (χ1n) is 19.4. The molecule has 0 aliphatic carbocycles. The molecule has 0 spiro atoms. The highest BCUT2D eigenvalue weighted by molar-refractivity contribution is 9.10. The molecule has 2 amide bonds. The summed E-state index contributed by atoms with van der Waals surface area (Å²) in [5, 5.41) is 28.7. The van der Waals surface area contributed by atoms with Gasteiger partial charge in [-0.25, -0.2) is 28.9 Å². The van der Waals surface area contributed by atoms with Crippen LogP contribution >= 0.6 is 15.9 Å². The quantitative estimate of drug-likeness (QED) is 0.131. The average Bonchev–Trinajstić information content (AvgIpc) is 4.03. The van der Waals surface area contributed by atoms with Crippen LogP contribution in [0, 0.1) is 24.2 Å². The molecule has 16 nitrogen and oxygen atoms in total. The fraction of sp³-hybridized carbons (Fsp3) is 0.273. The van der Waals surface area contributed by atoms with Gasteiger partial charge in [-0.15, -0.1) is 6.42 Å². The summed E-state index contributed by atoms with van der Waals surface area (Å²) in [5.74, 6) is 4.53. The van der Waals surface area contributed by atoms with Crippen molar-refractivity contribution in [1.29, 1.82) is 0 Å². The van der Waals surface area contributed by atoms with Gasteiger partial charge in [0.25, 0.3) is 11.8 Å². The van der Waals surface area contributed by atoms with Gasteiger partial charge >= 0.3 is 24.3 Å². The number of hydrogen-bond acceptors (Lipinski definition) is 12. The van der Waals surface area contributed by atoms with Gasteiger partial charge in [0, 0.05) is 62.5 Å². The predicted molar refractivity (Wildman–Crippen MR) is 228 cm³/mol. The van der Waals surface area contributed by atoms with E-state index >= 15 is 0 Å². The van der Waals surface area contributed by atoms with Crippen molar-refractivity contribution in [3.05, 3.63) is 106 Å². The van der Waals surface area contributed by atoms with Crippen LogP contribution in [0.5, 0.6) is 0 Å². The van der Waals surface area contributed by atoms with Crippen LogP contribution in [0.4, 0.5) is 26.3 Å². The van der Waals surface area contributed by atoms with Gasteiger partial charge in [0.05, 0.1) is 47.5 Å². The maximum atomic E-state index is 13.6. The Hall–Kier alpha value is -7.34. The second kappa shape index (κ2) is 18.9. The highest BCUT2D eigenvalue weighted by Crippen LogP contribution is 2.35. The summed E-state index contributed by atoms with van der Waals surface area (Å²) < 4.78 is 91.8. The number of esters is 2. The van der Waals surface area contributed by atoms with E-state index in [4.69, 9.17) is 11.2 Å². The van der Waals surface area contributed by atoms with Gasteiger partial charge < -0.3 is 29.5 Å². The van der Waals surface area contributed by atoms with E-state index in [1.54, 1.807) is 31.3 Å². The van der Waals surface area contributed by atoms with Crippen LogP contribution in [0.2, 0.25) is 0 Å². The van der Waals surface area contributed by atoms with Crippen molar-refractivity contribution in [2.24, 2.45) is 0 Å². The SMILES string of the molecule is C#C[C@]1(O)CCN(C)C1=O.COC(=O)c1nn(-c2cc(Br)cc(C(F)(F)F)c2)c2ncccc12.COC(=O)c1nn(-c2cc(C#C[C@]3(O)CCN(C)C3=O)cc(C(F)(F)F)c2)c2ncccc12. The van der Waals surface area contributed by atoms with Gasteiger partial charge in [0.2, 0.25) is 11.2 Å². The van der Waals surface area contributed by atoms with Crippen molar-refractivity contribution in [3.8, 4) is 35.6 Å². The molecule has 8 rings (SSSR count). The summed E-state index contributed by atoms with van der Waals surface area (Å²) in [7, 11) is 5.48. The highest BCUT2D eigenvalue weighted by atomic mass is 79.9. The maximum Gasteiger partial charge on any atom is 0.416 e. The Balaban J connectivity index is 0.000000189. The number of benzene rings is 2. The van der Waals surface area contributed by atoms with E-state index in [-0.39, 0.29) is 63.0 Å². The number of hydrogen-bond donors (Lipinski definition) is 2. The van der Waals surface area contributed by atoms with Crippen LogP contribution in [0.3, 0.4) is 0 Å². The Morgan fingerprint density at radius 1 is 0.731 bits per heavy atom. The Bertz CT molecular complexity index is 3050. The number of likely N-dealkylation sites (N-methyl/N-ethyl adjacent to an activating group) is 2. The third-order valence-electron chi connectivity index (χ3n) is 10.3. The zero-order valence-electron chi connectivity index (χ0n) is 35.4. The molecular formula is C44H35BrF6N8O8. The van der Waals surface area contributed by atoms with Gasteiger partial charge in [-0.05, 0) is 60.7 Å². The topological polar surface area (TPSA) is 195 Å². The minimum absolute atomic E-state index is 0.0193. The zero-order valence-corrected chi connectivity index (χ0v) is 37.0. The molecule has 2 N–H and O–H groups in total. The summed E-state index contributed by atoms with van der Waals surface area (Å²) in [6.07, 6.45) is -0.997. The molecule has 0 saturated carbocycles. The Morgan fingerprint density at radius 2 is 1.18 bits per heavy atom. The van der Waals surface area contributed by atoms with E-state index in [0.717, 1.165) is 36.1 Å². The van der Waals surface area contributed by atoms with Crippen LogP contribution in [0.1, 0.15) is 50.5 Å². The van der Waals surface area contributed by atoms with Crippen molar-refractivity contribution in [3.63, 3.8) is 0 Å². The van der Waals surface area contributed by atoms with E-state index in [1.165, 1.54) is 53.2 Å². The van der Waals surface area contributed by atoms with E-state index < -0.39 is 52.5 Å². The summed E-state index contributed by atoms with van der Waals surface area (Å²) >= 11 is 3.06. The second-order valence-electron chi connectivity index (χ2n) is 14.8. The number of carbonyl (C=O) groups is 4. The molecule has 67 heavy (non-hydrogen) atoms. The molecule has 6 aromatic rings. The largest absolute Gasteiger partial charge is 0.464 e. The molecule has 0 unspecified atom stereocenters. The van der Waals surface area contributed by atoms with Crippen LogP contribution in [0.15, 0.2) is 77.5 Å². The highest BCUT2D eigenvalue weighted by Gasteiger charge is 2.43. The smallest absolute Gasteiger partial charge is 0.416 e. The van der Waals surface area contributed by atoms with Crippen LogP contribution in [-0.2, 0) is 31.4 Å². The lowest BCUT2D eigenvalue weighted by atomic mass is 10.0. The molecule has 0 radical (unpaired) electrons. The van der Waals surface area contributed by atoms with Crippen LogP contribution < -0.4 is 0 Å². The standard InChI is InChI=1S/C22H17F3N4O4.C15H9BrF3N3O2.C7H9NO2/c1-28-9-7-21(32,20(28)31)6-5-13-10-14(22(23,24)25)12-15(11-13)29-18-16(4-3-8-26-18)17(27-29)19(30)33-2;1-24-14(23)12-11-3-2-4-20-13(11)22(21-12)10-6-8(15(17,18)19)5-9(16)7-10;1-3-7(10)4-5-8(2)6(7)9/h3-4,8,10-12,32H,7,9H2,1-2H3;2-7H,1H3;1,10H,4-5H2,2H3/t21-;;7-/m0.0/s1. The van der Waals surface area contributed by atoms with Crippen molar-refractivity contribution in [2.45, 2.75) is 36.4 Å². The zero-order chi connectivity index (χ0) is 49.2. The van der Waals surface area contributed by atoms with Crippen molar-refractivity contribution in [1.82, 2.24) is 39.3 Å². The van der Waals surface area contributed by atoms with Gasteiger partial charge in [-0.3, -0.25) is 9.59 Å². The Labute approximate surface area is 384 Å². The van der Waals surface area contributed by atoms with Crippen molar-refractivity contribution >= 4 is 61.7 Å². The number of pyridine rings is 2. The summed E-state index contributed by atoms with van der Waals surface area (Å²) in [4.78, 5) is 58.1. The molecule has 2 aromatic carbocycles. The third kappa shape index (κ3) is 10.2. The van der Waals surface area contributed by atoms with Crippen molar-refractivity contribution in [2.75, 3.05) is 41.4 Å². The fourth-order valence-electron chi connectivity index (χ4n) is 6.72. The number of fused-ring (bicyclic) bond motifs is 2. The lowest BCUT2D eigenvalue weighted by Crippen LogP contribution is -2.37. The summed E-state index contributed by atoms with van der Waals surface area (Å²) in [5.41, 5.74) is -5.13. The van der Waals surface area contributed by atoms with Gasteiger partial charge in [-0.2, -0.15) is 36.5 Å². The first-order valence-corrected chi connectivity index (χ1v) is 20.2. The van der Waals surface area contributed by atoms with E-state index in [9.17, 15) is 55.7 Å². The number of terminal acetylenes is 1. The van der Waals surface area contributed by atoms with Crippen LogP contribution in [0.25, 0.3) is 33.4 Å².